The highest BCUT2D eigenvalue weighted by atomic mass is 16.5. The minimum Gasteiger partial charge on any atom is -0.493 e. The van der Waals surface area contributed by atoms with Crippen molar-refractivity contribution < 1.29 is 23.4 Å². The lowest BCUT2D eigenvalue weighted by atomic mass is 10.0. The van der Waals surface area contributed by atoms with E-state index in [1.807, 2.05) is 32.0 Å². The number of aryl methyl sites for hydroxylation is 2. The van der Waals surface area contributed by atoms with Gasteiger partial charge in [0, 0.05) is 11.1 Å². The van der Waals surface area contributed by atoms with Gasteiger partial charge in [-0.2, -0.15) is 0 Å². The molecule has 0 radical (unpaired) electrons. The van der Waals surface area contributed by atoms with Gasteiger partial charge in [-0.15, -0.1) is 0 Å². The van der Waals surface area contributed by atoms with Gasteiger partial charge in [-0.05, 0) is 56.2 Å². The van der Waals surface area contributed by atoms with Crippen LogP contribution >= 0.6 is 0 Å². The van der Waals surface area contributed by atoms with Gasteiger partial charge >= 0.3 is 0 Å². The van der Waals surface area contributed by atoms with Gasteiger partial charge in [-0.25, -0.2) is 0 Å². The van der Waals surface area contributed by atoms with Crippen LogP contribution in [0.3, 0.4) is 0 Å². The molecule has 0 fully saturated rings. The first-order valence-electron chi connectivity index (χ1n) is 10.9. The Morgan fingerprint density at radius 2 is 1.62 bits per heavy atom. The summed E-state index contributed by atoms with van der Waals surface area (Å²) in [4.78, 5) is 26.6. The molecule has 0 aliphatic heterocycles. The largest absolute Gasteiger partial charge is 0.493 e. The van der Waals surface area contributed by atoms with Gasteiger partial charge in [0.05, 0.1) is 19.6 Å². The molecule has 0 saturated heterocycles. The monoisotopic (exact) mass is 458 g/mol. The summed E-state index contributed by atoms with van der Waals surface area (Å²) >= 11 is 0. The zero-order valence-electron chi connectivity index (χ0n) is 19.8. The number of fused-ring (bicyclic) bond motifs is 1. The molecule has 0 unspecified atom stereocenters. The number of ether oxygens (including phenoxy) is 3. The zero-order valence-corrected chi connectivity index (χ0v) is 19.8. The van der Waals surface area contributed by atoms with Crippen molar-refractivity contribution in [2.45, 2.75) is 26.9 Å². The second-order valence-corrected chi connectivity index (χ2v) is 8.10. The van der Waals surface area contributed by atoms with Crippen LogP contribution in [0, 0.1) is 13.8 Å². The predicted molar refractivity (Wildman–Crippen MR) is 131 cm³/mol. The molecule has 0 saturated carbocycles. The molecule has 1 heterocycles. The van der Waals surface area contributed by atoms with Crippen molar-refractivity contribution in [1.82, 2.24) is 0 Å². The van der Waals surface area contributed by atoms with Crippen LogP contribution in [0.1, 0.15) is 28.4 Å². The second-order valence-electron chi connectivity index (χ2n) is 8.10. The summed E-state index contributed by atoms with van der Waals surface area (Å²) in [6.45, 7) is 5.41. The molecule has 1 atom stereocenters. The van der Waals surface area contributed by atoms with E-state index in [9.17, 15) is 9.59 Å². The van der Waals surface area contributed by atoms with Crippen LogP contribution in [0.2, 0.25) is 0 Å². The van der Waals surface area contributed by atoms with Crippen molar-refractivity contribution in [1.29, 1.82) is 0 Å². The Morgan fingerprint density at radius 3 is 2.29 bits per heavy atom. The molecule has 3 aromatic carbocycles. The molecule has 174 valence electrons. The van der Waals surface area contributed by atoms with E-state index in [2.05, 4.69) is 0 Å². The third kappa shape index (κ3) is 4.27. The molecule has 0 amide bonds. The number of ketones is 1. The number of methoxy groups -OCH3 is 2. The number of hydrogen-bond donors (Lipinski definition) is 0. The molecular weight excluding hydrogens is 432 g/mol. The van der Waals surface area contributed by atoms with Crippen LogP contribution < -0.4 is 19.6 Å². The Labute approximate surface area is 197 Å². The molecular formula is C28H26O6. The van der Waals surface area contributed by atoms with Crippen LogP contribution in [0.25, 0.3) is 22.3 Å². The molecule has 4 rings (SSSR count). The highest BCUT2D eigenvalue weighted by molar-refractivity contribution is 5.99. The van der Waals surface area contributed by atoms with Gasteiger partial charge < -0.3 is 18.6 Å². The average molecular weight is 459 g/mol. The van der Waals surface area contributed by atoms with Gasteiger partial charge in [0.1, 0.15) is 5.58 Å². The third-order valence-corrected chi connectivity index (χ3v) is 5.66. The quantitative estimate of drug-likeness (QED) is 0.329. The van der Waals surface area contributed by atoms with Crippen molar-refractivity contribution in [2.24, 2.45) is 0 Å². The Kier molecular flexibility index (Phi) is 6.41. The SMILES string of the molecule is COc1ccc(-c2oc3cc(C)cc(C)c3c(=O)c2O[C@@H](C)C(=O)c2ccccc2)cc1OC. The first kappa shape index (κ1) is 23.1. The number of carbonyl (C=O) groups excluding carboxylic acids is 1. The van der Waals surface area contributed by atoms with Crippen molar-refractivity contribution in [3.63, 3.8) is 0 Å². The van der Waals surface area contributed by atoms with E-state index in [1.54, 1.807) is 56.5 Å². The maximum atomic E-state index is 13.7. The van der Waals surface area contributed by atoms with Crippen LogP contribution in [0.15, 0.2) is 69.9 Å². The lowest BCUT2D eigenvalue weighted by Gasteiger charge is -2.18. The molecule has 0 aliphatic carbocycles. The summed E-state index contributed by atoms with van der Waals surface area (Å²) in [6, 6.07) is 17.7. The van der Waals surface area contributed by atoms with Crippen LogP contribution in [0.5, 0.6) is 17.2 Å². The van der Waals surface area contributed by atoms with Gasteiger partial charge in [-0.3, -0.25) is 9.59 Å². The Hall–Kier alpha value is -4.06. The molecule has 6 nitrogen and oxygen atoms in total. The number of benzene rings is 3. The summed E-state index contributed by atoms with van der Waals surface area (Å²) in [6.07, 6.45) is -0.910. The third-order valence-electron chi connectivity index (χ3n) is 5.66. The Morgan fingerprint density at radius 1 is 0.912 bits per heavy atom. The van der Waals surface area contributed by atoms with E-state index in [-0.39, 0.29) is 22.7 Å². The smallest absolute Gasteiger partial charge is 0.235 e. The van der Waals surface area contributed by atoms with Gasteiger partial charge in [0.15, 0.2) is 23.4 Å². The lowest BCUT2D eigenvalue weighted by Crippen LogP contribution is -2.27. The fourth-order valence-corrected chi connectivity index (χ4v) is 4.01. The van der Waals surface area contributed by atoms with E-state index in [0.717, 1.165) is 11.1 Å². The topological polar surface area (TPSA) is 75.0 Å². The van der Waals surface area contributed by atoms with E-state index in [1.165, 1.54) is 7.11 Å². The summed E-state index contributed by atoms with van der Waals surface area (Å²) < 4.78 is 23.1. The maximum Gasteiger partial charge on any atom is 0.235 e. The predicted octanol–water partition coefficient (Wildman–Crippen LogP) is 5.74. The summed E-state index contributed by atoms with van der Waals surface area (Å²) in [5, 5.41) is 0.421. The maximum absolute atomic E-state index is 13.7. The van der Waals surface area contributed by atoms with Gasteiger partial charge in [-0.1, -0.05) is 36.4 Å². The van der Waals surface area contributed by atoms with Gasteiger partial charge in [0.25, 0.3) is 0 Å². The first-order chi connectivity index (χ1) is 16.3. The van der Waals surface area contributed by atoms with E-state index < -0.39 is 6.10 Å². The highest BCUT2D eigenvalue weighted by Crippen LogP contribution is 2.37. The van der Waals surface area contributed by atoms with Crippen LogP contribution in [-0.4, -0.2) is 26.1 Å². The zero-order chi connectivity index (χ0) is 24.4. The van der Waals surface area contributed by atoms with E-state index >= 15 is 0 Å². The number of Topliss-reactive ketones (excluding diaryl/α,β-unsaturated/α-hetero) is 1. The van der Waals surface area contributed by atoms with Crippen LogP contribution in [0.4, 0.5) is 0 Å². The number of carbonyl (C=O) groups is 1. The summed E-state index contributed by atoms with van der Waals surface area (Å²) in [7, 11) is 3.08. The molecule has 0 N–H and O–H groups in total. The standard InChI is InChI=1S/C28H26O6/c1-16-13-17(2)24-23(14-16)34-27(20-11-12-21(31-4)22(15-20)32-5)28(26(24)30)33-18(3)25(29)19-9-7-6-8-10-19/h6-15,18H,1-5H3/t18-/m0/s1. The lowest BCUT2D eigenvalue weighted by molar-refractivity contribution is 0.0815. The molecule has 1 aromatic heterocycles. The highest BCUT2D eigenvalue weighted by Gasteiger charge is 2.25. The summed E-state index contributed by atoms with van der Waals surface area (Å²) in [5.41, 5.74) is 2.91. The average Bonchev–Trinajstić information content (AvgIpc) is 2.84. The summed E-state index contributed by atoms with van der Waals surface area (Å²) in [5.74, 6) is 0.970. The number of hydrogen-bond acceptors (Lipinski definition) is 6. The van der Waals surface area contributed by atoms with Crippen LogP contribution in [-0.2, 0) is 0 Å². The normalized spacial score (nSPS) is 11.8. The number of rotatable bonds is 7. The van der Waals surface area contributed by atoms with Gasteiger partial charge in [0.2, 0.25) is 17.0 Å². The molecule has 0 spiro atoms. The minimum absolute atomic E-state index is 0.0246. The fourth-order valence-electron chi connectivity index (χ4n) is 4.01. The van der Waals surface area contributed by atoms with Crippen molar-refractivity contribution >= 4 is 16.8 Å². The molecule has 34 heavy (non-hydrogen) atoms. The fraction of sp³-hybridized carbons (Fsp3) is 0.214. The second kappa shape index (κ2) is 9.43. The van der Waals surface area contributed by atoms with Crippen molar-refractivity contribution in [2.75, 3.05) is 14.2 Å². The molecule has 0 bridgehead atoms. The van der Waals surface area contributed by atoms with Crippen molar-refractivity contribution in [3.05, 3.63) is 87.6 Å². The minimum atomic E-state index is -0.910. The van der Waals surface area contributed by atoms with Crippen molar-refractivity contribution in [3.8, 4) is 28.6 Å². The first-order valence-corrected chi connectivity index (χ1v) is 10.9. The Balaban J connectivity index is 1.91. The van der Waals surface area contributed by atoms with E-state index in [4.69, 9.17) is 18.6 Å². The molecule has 0 aliphatic rings. The van der Waals surface area contributed by atoms with E-state index in [0.29, 0.717) is 33.6 Å². The molecule has 4 aromatic rings. The Bertz CT molecular complexity index is 1420. The molecule has 6 heteroatoms.